The summed E-state index contributed by atoms with van der Waals surface area (Å²) < 4.78 is 28.8. The van der Waals surface area contributed by atoms with E-state index in [0.717, 1.165) is 17.4 Å². The molecule has 1 N–H and O–H groups in total. The molecule has 0 spiro atoms. The molecule has 0 aromatic heterocycles. The first-order chi connectivity index (χ1) is 14.7. The van der Waals surface area contributed by atoms with Gasteiger partial charge in [-0.3, -0.25) is 4.79 Å². The number of nitrogens with one attached hydrogen (secondary N) is 1. The van der Waals surface area contributed by atoms with E-state index in [1.54, 1.807) is 25.1 Å². The lowest BCUT2D eigenvalue weighted by Gasteiger charge is -2.13. The quantitative estimate of drug-likeness (QED) is 0.535. The minimum absolute atomic E-state index is 0.0217. The summed E-state index contributed by atoms with van der Waals surface area (Å²) in [7, 11) is -3.53. The number of benzene rings is 3. The minimum atomic E-state index is -3.53. The summed E-state index contributed by atoms with van der Waals surface area (Å²) in [4.78, 5) is 25.4. The third kappa shape index (κ3) is 5.31. The van der Waals surface area contributed by atoms with Gasteiger partial charge >= 0.3 is 5.97 Å². The second-order valence-electron chi connectivity index (χ2n) is 6.71. The molecule has 0 aliphatic rings. The highest BCUT2D eigenvalue weighted by Gasteiger charge is 2.20. The van der Waals surface area contributed by atoms with E-state index in [1.807, 2.05) is 30.3 Å². The average molecular weight is 458 g/mol. The number of halogens is 1. The van der Waals surface area contributed by atoms with Crippen molar-refractivity contribution < 1.29 is 22.7 Å². The molecular formula is C23H20ClNO5S. The number of carbonyl (C=O) groups is 2. The van der Waals surface area contributed by atoms with Crippen LogP contribution in [0, 0.1) is 0 Å². The van der Waals surface area contributed by atoms with E-state index in [9.17, 15) is 18.0 Å². The van der Waals surface area contributed by atoms with E-state index in [-0.39, 0.29) is 33.3 Å². The van der Waals surface area contributed by atoms with Crippen LogP contribution in [0.4, 0.5) is 5.69 Å². The Kier molecular flexibility index (Phi) is 6.77. The molecule has 3 aromatic rings. The van der Waals surface area contributed by atoms with E-state index < -0.39 is 21.7 Å². The first-order valence-corrected chi connectivity index (χ1v) is 11.6. The number of hydrogen-bond acceptors (Lipinski definition) is 5. The van der Waals surface area contributed by atoms with Gasteiger partial charge in [-0.25, -0.2) is 13.2 Å². The van der Waals surface area contributed by atoms with Gasteiger partial charge in [-0.15, -0.1) is 0 Å². The Labute approximate surface area is 185 Å². The fourth-order valence-electron chi connectivity index (χ4n) is 2.94. The number of ether oxygens (including phenoxy) is 1. The van der Waals surface area contributed by atoms with Crippen molar-refractivity contribution in [2.24, 2.45) is 0 Å². The van der Waals surface area contributed by atoms with Crippen molar-refractivity contribution in [3.8, 4) is 11.1 Å². The first kappa shape index (κ1) is 22.5. The van der Waals surface area contributed by atoms with Crippen molar-refractivity contribution in [2.45, 2.75) is 11.8 Å². The number of esters is 1. The van der Waals surface area contributed by atoms with Gasteiger partial charge in [0.15, 0.2) is 9.84 Å². The van der Waals surface area contributed by atoms with Crippen molar-refractivity contribution >= 4 is 39.0 Å². The monoisotopic (exact) mass is 457 g/mol. The number of rotatable bonds is 6. The lowest BCUT2D eigenvalue weighted by Crippen LogP contribution is -2.17. The highest BCUT2D eigenvalue weighted by molar-refractivity contribution is 7.90. The summed E-state index contributed by atoms with van der Waals surface area (Å²) >= 11 is 6.12. The molecular weight excluding hydrogens is 438 g/mol. The van der Waals surface area contributed by atoms with Gasteiger partial charge < -0.3 is 10.1 Å². The summed E-state index contributed by atoms with van der Waals surface area (Å²) in [5, 5.41) is 2.73. The van der Waals surface area contributed by atoms with Crippen LogP contribution in [-0.2, 0) is 14.6 Å². The SMILES string of the molecule is CCOC(=O)c1cc(-c2ccccc2)ccc1NC(=O)c1cc(S(C)(=O)=O)ccc1Cl. The van der Waals surface area contributed by atoms with Crippen LogP contribution < -0.4 is 5.32 Å². The second kappa shape index (κ2) is 9.32. The van der Waals surface area contributed by atoms with Crippen molar-refractivity contribution in [1.82, 2.24) is 0 Å². The Balaban J connectivity index is 2.01. The van der Waals surface area contributed by atoms with Crippen LogP contribution in [0.2, 0.25) is 5.02 Å². The van der Waals surface area contributed by atoms with Crippen molar-refractivity contribution in [3.63, 3.8) is 0 Å². The molecule has 0 radical (unpaired) electrons. The van der Waals surface area contributed by atoms with Gasteiger partial charge in [0.1, 0.15) is 0 Å². The Bertz CT molecular complexity index is 1240. The van der Waals surface area contributed by atoms with E-state index in [0.29, 0.717) is 0 Å². The number of amides is 1. The van der Waals surface area contributed by atoms with Crippen LogP contribution in [0.5, 0.6) is 0 Å². The molecule has 3 rings (SSSR count). The summed E-state index contributed by atoms with van der Waals surface area (Å²) in [5.41, 5.74) is 2.05. The number of hydrogen-bond donors (Lipinski definition) is 1. The van der Waals surface area contributed by atoms with Gasteiger partial charge in [0.25, 0.3) is 5.91 Å². The summed E-state index contributed by atoms with van der Waals surface area (Å²) in [6.07, 6.45) is 1.04. The summed E-state index contributed by atoms with van der Waals surface area (Å²) in [6, 6.07) is 18.3. The highest BCUT2D eigenvalue weighted by atomic mass is 35.5. The zero-order valence-electron chi connectivity index (χ0n) is 16.9. The third-order valence-corrected chi connectivity index (χ3v) is 5.92. The van der Waals surface area contributed by atoms with E-state index in [4.69, 9.17) is 16.3 Å². The molecule has 0 aliphatic heterocycles. The Morgan fingerprint density at radius 3 is 2.29 bits per heavy atom. The number of anilines is 1. The molecule has 160 valence electrons. The standard InChI is InChI=1S/C23H20ClNO5S/c1-3-30-23(27)19-13-16(15-7-5-4-6-8-15)9-12-21(19)25-22(26)18-14-17(31(2,28)29)10-11-20(18)24/h4-14H,3H2,1-2H3,(H,25,26). The van der Waals surface area contributed by atoms with Crippen molar-refractivity contribution in [3.05, 3.63) is 82.9 Å². The summed E-state index contributed by atoms with van der Waals surface area (Å²) in [5.74, 6) is -1.24. The fraction of sp³-hybridized carbons (Fsp3) is 0.130. The molecule has 0 aliphatic carbocycles. The van der Waals surface area contributed by atoms with Crippen molar-refractivity contribution in [2.75, 3.05) is 18.2 Å². The van der Waals surface area contributed by atoms with Gasteiger partial charge in [-0.05, 0) is 48.4 Å². The molecule has 1 amide bonds. The number of carbonyl (C=O) groups excluding carboxylic acids is 2. The third-order valence-electron chi connectivity index (χ3n) is 4.48. The maximum atomic E-state index is 12.9. The fourth-order valence-corrected chi connectivity index (χ4v) is 3.79. The predicted octanol–water partition coefficient (Wildman–Crippen LogP) is 4.84. The van der Waals surface area contributed by atoms with Gasteiger partial charge in [0.05, 0.1) is 33.3 Å². The highest BCUT2D eigenvalue weighted by Crippen LogP contribution is 2.28. The van der Waals surface area contributed by atoms with E-state index >= 15 is 0 Å². The van der Waals surface area contributed by atoms with E-state index in [1.165, 1.54) is 18.2 Å². The largest absolute Gasteiger partial charge is 0.462 e. The van der Waals surface area contributed by atoms with Gasteiger partial charge in [0.2, 0.25) is 0 Å². The van der Waals surface area contributed by atoms with Crippen LogP contribution >= 0.6 is 11.6 Å². The van der Waals surface area contributed by atoms with Gasteiger partial charge in [0, 0.05) is 6.26 Å². The van der Waals surface area contributed by atoms with Crippen LogP contribution in [0.3, 0.4) is 0 Å². The molecule has 0 unspecified atom stereocenters. The molecule has 6 nitrogen and oxygen atoms in total. The molecule has 0 bridgehead atoms. The average Bonchev–Trinajstić information content (AvgIpc) is 2.74. The summed E-state index contributed by atoms with van der Waals surface area (Å²) in [6.45, 7) is 1.86. The zero-order valence-corrected chi connectivity index (χ0v) is 18.5. The van der Waals surface area contributed by atoms with Crippen LogP contribution in [0.25, 0.3) is 11.1 Å². The lowest BCUT2D eigenvalue weighted by atomic mass is 10.0. The zero-order chi connectivity index (χ0) is 22.6. The van der Waals surface area contributed by atoms with Crippen molar-refractivity contribution in [1.29, 1.82) is 0 Å². The Morgan fingerprint density at radius 1 is 0.935 bits per heavy atom. The Morgan fingerprint density at radius 2 is 1.65 bits per heavy atom. The minimum Gasteiger partial charge on any atom is -0.462 e. The Hall–Kier alpha value is -3.16. The van der Waals surface area contributed by atoms with E-state index in [2.05, 4.69) is 5.32 Å². The molecule has 31 heavy (non-hydrogen) atoms. The smallest absolute Gasteiger partial charge is 0.340 e. The van der Waals surface area contributed by atoms with Crippen LogP contribution in [0.1, 0.15) is 27.6 Å². The normalized spacial score (nSPS) is 11.1. The molecule has 3 aromatic carbocycles. The first-order valence-electron chi connectivity index (χ1n) is 9.38. The van der Waals surface area contributed by atoms with Crippen LogP contribution in [0.15, 0.2) is 71.6 Å². The maximum absolute atomic E-state index is 12.9. The second-order valence-corrected chi connectivity index (χ2v) is 9.14. The molecule has 0 fully saturated rings. The topological polar surface area (TPSA) is 89.5 Å². The molecule has 8 heteroatoms. The molecule has 0 saturated heterocycles. The lowest BCUT2D eigenvalue weighted by molar-refractivity contribution is 0.0527. The molecule has 0 saturated carbocycles. The maximum Gasteiger partial charge on any atom is 0.340 e. The molecule has 0 atom stereocenters. The number of sulfone groups is 1. The predicted molar refractivity (Wildman–Crippen MR) is 120 cm³/mol. The molecule has 0 heterocycles. The van der Waals surface area contributed by atoms with Gasteiger partial charge in [-0.1, -0.05) is 48.0 Å². The van der Waals surface area contributed by atoms with Gasteiger partial charge in [-0.2, -0.15) is 0 Å². The van der Waals surface area contributed by atoms with Crippen LogP contribution in [-0.4, -0.2) is 33.2 Å².